The van der Waals surface area contributed by atoms with E-state index in [9.17, 15) is 14.7 Å². The molecule has 0 saturated carbocycles. The molecule has 7 nitrogen and oxygen atoms in total. The molecule has 0 radical (unpaired) electrons. The maximum absolute atomic E-state index is 10.2. The Morgan fingerprint density at radius 3 is 1.86 bits per heavy atom. The number of likely N-dealkylation sites (N-methyl/N-ethyl adjacent to an activating group) is 2. The largest absolute Gasteiger partial charge is 0.508 e. The van der Waals surface area contributed by atoms with Gasteiger partial charge >= 0.3 is 11.9 Å². The molecule has 2 aliphatic heterocycles. The van der Waals surface area contributed by atoms with Gasteiger partial charge in [-0.2, -0.15) is 0 Å². The molecule has 8 heteroatoms. The molecule has 2 atom stereocenters. The van der Waals surface area contributed by atoms with Gasteiger partial charge in [0, 0.05) is 23.5 Å². The van der Waals surface area contributed by atoms with Crippen LogP contribution in [0.15, 0.2) is 77.3 Å². The number of phenolic OH excluding ortho intramolecular Hbond substituents is 1. The van der Waals surface area contributed by atoms with Crippen molar-refractivity contribution in [3.05, 3.63) is 94.0 Å². The Kier molecular flexibility index (Phi) is 9.34. The summed E-state index contributed by atoms with van der Waals surface area (Å²) in [6.07, 6.45) is 1.76. The van der Waals surface area contributed by atoms with Crippen molar-refractivity contribution in [2.75, 3.05) is 25.5 Å². The SMILES string of the molecule is CN1CC[C@@]2(C)c3cc(O)cc(Br)c3N(C)[C@@H]12.O=C(O)Cc1ccccc1.O=C(O)Cc1ccccc1. The van der Waals surface area contributed by atoms with Crippen molar-refractivity contribution in [3.8, 4) is 5.75 Å². The van der Waals surface area contributed by atoms with Gasteiger partial charge in [-0.15, -0.1) is 0 Å². The molecule has 3 aromatic carbocycles. The average Bonchev–Trinajstić information content (AvgIpc) is 3.26. The molecule has 3 aromatic rings. The number of anilines is 1. The quantitative estimate of drug-likeness (QED) is 0.400. The summed E-state index contributed by atoms with van der Waals surface area (Å²) in [5, 5.41) is 26.5. The topological polar surface area (TPSA) is 101 Å². The molecular formula is C29H33BrN2O5. The van der Waals surface area contributed by atoms with Gasteiger partial charge < -0.3 is 20.2 Å². The second kappa shape index (κ2) is 12.3. The van der Waals surface area contributed by atoms with Gasteiger partial charge in [0.2, 0.25) is 0 Å². The molecule has 5 rings (SSSR count). The summed E-state index contributed by atoms with van der Waals surface area (Å²) in [6, 6.07) is 22.0. The number of carboxylic acid groups (broad SMARTS) is 2. The fourth-order valence-electron chi connectivity index (χ4n) is 5.19. The van der Waals surface area contributed by atoms with Crippen molar-refractivity contribution in [1.29, 1.82) is 0 Å². The van der Waals surface area contributed by atoms with E-state index >= 15 is 0 Å². The minimum Gasteiger partial charge on any atom is -0.508 e. The number of hydrogen-bond acceptors (Lipinski definition) is 5. The molecule has 3 N–H and O–H groups in total. The minimum atomic E-state index is -0.786. The standard InChI is InChI=1S/C13H17BrN2O.2C8H8O2/c1-13-4-5-15(2)12(13)16(3)11-9(13)6-8(17)7-10(11)14;2*9-8(10)6-7-4-2-1-3-5-7/h6-7,12,17H,4-5H2,1-3H3;2*1-5H,6H2,(H,9,10)/t12-,13+;;/m1../s1. The number of likely N-dealkylation sites (tertiary alicyclic amines) is 1. The molecule has 0 amide bonds. The Morgan fingerprint density at radius 1 is 0.919 bits per heavy atom. The van der Waals surface area contributed by atoms with Crippen LogP contribution in [0.1, 0.15) is 30.0 Å². The van der Waals surface area contributed by atoms with Gasteiger partial charge in [-0.05, 0) is 58.2 Å². The Balaban J connectivity index is 0.000000165. The number of hydrogen-bond donors (Lipinski definition) is 3. The summed E-state index contributed by atoms with van der Waals surface area (Å²) in [6.45, 7) is 3.41. The molecule has 196 valence electrons. The number of aromatic hydroxyl groups is 1. The molecule has 0 aliphatic carbocycles. The van der Waals surface area contributed by atoms with Crippen molar-refractivity contribution in [2.24, 2.45) is 0 Å². The fourth-order valence-corrected chi connectivity index (χ4v) is 5.91. The molecule has 0 unspecified atom stereocenters. The fraction of sp³-hybridized carbons (Fsp3) is 0.310. The zero-order chi connectivity index (χ0) is 27.2. The van der Waals surface area contributed by atoms with Crippen LogP contribution < -0.4 is 4.90 Å². The highest BCUT2D eigenvalue weighted by Gasteiger charge is 2.52. The zero-order valence-corrected chi connectivity index (χ0v) is 22.9. The summed E-state index contributed by atoms with van der Waals surface area (Å²) in [7, 11) is 4.31. The number of nitrogens with zero attached hydrogens (tertiary/aromatic N) is 2. The third-order valence-electron chi connectivity index (χ3n) is 6.75. The third-order valence-corrected chi connectivity index (χ3v) is 7.36. The number of aliphatic carboxylic acids is 2. The highest BCUT2D eigenvalue weighted by Crippen LogP contribution is 2.54. The monoisotopic (exact) mass is 568 g/mol. The molecular weight excluding hydrogens is 536 g/mol. The van der Waals surface area contributed by atoms with E-state index in [1.54, 1.807) is 30.3 Å². The number of rotatable bonds is 4. The van der Waals surface area contributed by atoms with Crippen LogP contribution in [0.3, 0.4) is 0 Å². The van der Waals surface area contributed by atoms with Gasteiger partial charge in [0.25, 0.3) is 0 Å². The van der Waals surface area contributed by atoms with Crippen LogP contribution in [0, 0.1) is 0 Å². The van der Waals surface area contributed by atoms with Gasteiger partial charge in [0.15, 0.2) is 0 Å². The lowest BCUT2D eigenvalue weighted by molar-refractivity contribution is -0.137. The Morgan fingerprint density at radius 2 is 1.41 bits per heavy atom. The first-order valence-corrected chi connectivity index (χ1v) is 12.8. The molecule has 0 aromatic heterocycles. The maximum Gasteiger partial charge on any atom is 0.307 e. The molecule has 2 heterocycles. The first-order chi connectivity index (χ1) is 17.5. The Bertz CT molecular complexity index is 1170. The van der Waals surface area contributed by atoms with E-state index in [4.69, 9.17) is 10.2 Å². The summed E-state index contributed by atoms with van der Waals surface area (Å²) < 4.78 is 0.985. The highest BCUT2D eigenvalue weighted by molar-refractivity contribution is 9.10. The molecule has 2 aliphatic rings. The molecule has 1 fully saturated rings. The summed E-state index contributed by atoms with van der Waals surface area (Å²) >= 11 is 3.57. The lowest BCUT2D eigenvalue weighted by Gasteiger charge is -2.32. The lowest BCUT2D eigenvalue weighted by Crippen LogP contribution is -2.45. The first-order valence-electron chi connectivity index (χ1n) is 12.0. The summed E-state index contributed by atoms with van der Waals surface area (Å²) in [5.41, 5.74) is 4.30. The van der Waals surface area contributed by atoms with Crippen molar-refractivity contribution >= 4 is 33.6 Å². The number of fused-ring (bicyclic) bond motifs is 3. The smallest absolute Gasteiger partial charge is 0.307 e. The van der Waals surface area contributed by atoms with E-state index in [2.05, 4.69) is 46.7 Å². The van der Waals surface area contributed by atoms with Crippen LogP contribution in [0.2, 0.25) is 0 Å². The van der Waals surface area contributed by atoms with Crippen molar-refractivity contribution in [2.45, 2.75) is 37.8 Å². The third kappa shape index (κ3) is 6.90. The number of benzene rings is 3. The molecule has 0 spiro atoms. The number of carbonyl (C=O) groups is 2. The van der Waals surface area contributed by atoms with E-state index in [0.717, 1.165) is 28.6 Å². The van der Waals surface area contributed by atoms with E-state index in [0.29, 0.717) is 11.9 Å². The van der Waals surface area contributed by atoms with Crippen LogP contribution in [0.5, 0.6) is 5.75 Å². The second-order valence-electron chi connectivity index (χ2n) is 9.57. The van der Waals surface area contributed by atoms with Gasteiger partial charge in [0.1, 0.15) is 5.75 Å². The molecule has 37 heavy (non-hydrogen) atoms. The van der Waals surface area contributed by atoms with Crippen molar-refractivity contribution < 1.29 is 24.9 Å². The van der Waals surface area contributed by atoms with Crippen LogP contribution in [0.25, 0.3) is 0 Å². The van der Waals surface area contributed by atoms with Crippen molar-refractivity contribution in [3.63, 3.8) is 0 Å². The van der Waals surface area contributed by atoms with E-state index in [-0.39, 0.29) is 18.3 Å². The Labute approximate surface area is 226 Å². The van der Waals surface area contributed by atoms with Gasteiger partial charge in [-0.3, -0.25) is 14.5 Å². The normalized spacial score (nSPS) is 19.6. The van der Waals surface area contributed by atoms with E-state index in [1.807, 2.05) is 42.5 Å². The second-order valence-corrected chi connectivity index (χ2v) is 10.4. The lowest BCUT2D eigenvalue weighted by atomic mass is 9.81. The van der Waals surface area contributed by atoms with Crippen LogP contribution >= 0.6 is 15.9 Å². The average molecular weight is 569 g/mol. The number of halogens is 1. The van der Waals surface area contributed by atoms with Crippen molar-refractivity contribution in [1.82, 2.24) is 4.90 Å². The van der Waals surface area contributed by atoms with Gasteiger partial charge in [0.05, 0.1) is 24.7 Å². The molecule has 1 saturated heterocycles. The maximum atomic E-state index is 10.2. The summed E-state index contributed by atoms with van der Waals surface area (Å²) in [5.74, 6) is -1.22. The zero-order valence-electron chi connectivity index (χ0n) is 21.3. The number of phenols is 1. The van der Waals surface area contributed by atoms with Crippen LogP contribution in [-0.4, -0.2) is 59.0 Å². The summed E-state index contributed by atoms with van der Waals surface area (Å²) in [4.78, 5) is 25.1. The predicted molar refractivity (Wildman–Crippen MR) is 148 cm³/mol. The number of carboxylic acids is 2. The predicted octanol–water partition coefficient (Wildman–Crippen LogP) is 5.15. The minimum absolute atomic E-state index is 0.112. The highest BCUT2D eigenvalue weighted by atomic mass is 79.9. The first kappa shape index (κ1) is 28.2. The van der Waals surface area contributed by atoms with Crippen LogP contribution in [-0.2, 0) is 27.8 Å². The van der Waals surface area contributed by atoms with Gasteiger partial charge in [-0.1, -0.05) is 67.6 Å². The van der Waals surface area contributed by atoms with Crippen LogP contribution in [0.4, 0.5) is 5.69 Å². The molecule has 0 bridgehead atoms. The Hall–Kier alpha value is -3.36. The van der Waals surface area contributed by atoms with Gasteiger partial charge in [-0.25, -0.2) is 0 Å². The van der Waals surface area contributed by atoms with E-state index < -0.39 is 11.9 Å². The van der Waals surface area contributed by atoms with E-state index in [1.165, 1.54) is 11.3 Å².